The van der Waals surface area contributed by atoms with Crippen LogP contribution in [0.25, 0.3) is 6.08 Å². The Morgan fingerprint density at radius 1 is 1.07 bits per heavy atom. The number of ether oxygens (including phenoxy) is 1. The summed E-state index contributed by atoms with van der Waals surface area (Å²) in [5, 5.41) is 0. The van der Waals surface area contributed by atoms with Crippen LogP contribution in [0.3, 0.4) is 0 Å². The van der Waals surface area contributed by atoms with Crippen molar-refractivity contribution in [1.82, 2.24) is 0 Å². The van der Waals surface area contributed by atoms with Crippen LogP contribution in [0.1, 0.15) is 5.56 Å². The molecule has 0 amide bonds. The number of hydrogen-bond donors (Lipinski definition) is 0. The molecule has 1 aromatic carbocycles. The average molecular weight is 186 g/mol. The van der Waals surface area contributed by atoms with Gasteiger partial charge in [0, 0.05) is 0 Å². The van der Waals surface area contributed by atoms with Crippen molar-refractivity contribution in [3.63, 3.8) is 0 Å². The summed E-state index contributed by atoms with van der Waals surface area (Å²) in [6.45, 7) is 3.59. The summed E-state index contributed by atoms with van der Waals surface area (Å²) in [6, 6.07) is 7.90. The summed E-state index contributed by atoms with van der Waals surface area (Å²) in [5.41, 5.74) is 1.15. The zero-order valence-corrected chi connectivity index (χ0v) is 8.31. The minimum absolute atomic E-state index is 0.879. The van der Waals surface area contributed by atoms with E-state index in [9.17, 15) is 0 Å². The second-order valence-corrected chi connectivity index (χ2v) is 2.75. The topological polar surface area (TPSA) is 9.23 Å². The van der Waals surface area contributed by atoms with Gasteiger partial charge in [-0.15, -0.1) is 0 Å². The van der Waals surface area contributed by atoms with E-state index in [2.05, 4.69) is 6.58 Å². The van der Waals surface area contributed by atoms with Crippen molar-refractivity contribution in [2.24, 2.45) is 0 Å². The molecular weight excluding hydrogens is 172 g/mol. The third kappa shape index (κ3) is 3.31. The minimum atomic E-state index is 0.879. The van der Waals surface area contributed by atoms with Crippen molar-refractivity contribution in [3.8, 4) is 5.75 Å². The molecule has 0 fully saturated rings. The maximum absolute atomic E-state index is 5.06. The van der Waals surface area contributed by atoms with E-state index in [1.807, 2.05) is 48.6 Å². The van der Waals surface area contributed by atoms with E-state index < -0.39 is 0 Å². The molecule has 0 bridgehead atoms. The first-order valence-corrected chi connectivity index (χ1v) is 4.46. The summed E-state index contributed by atoms with van der Waals surface area (Å²) in [6.07, 6.45) is 9.58. The molecule has 0 aromatic heterocycles. The van der Waals surface area contributed by atoms with Crippen LogP contribution in [0, 0.1) is 0 Å². The molecule has 0 saturated carbocycles. The molecule has 14 heavy (non-hydrogen) atoms. The lowest BCUT2D eigenvalue weighted by Gasteiger charge is -1.98. The summed E-state index contributed by atoms with van der Waals surface area (Å²) in [5.74, 6) is 0.879. The average Bonchev–Trinajstić information content (AvgIpc) is 2.25. The summed E-state index contributed by atoms with van der Waals surface area (Å²) < 4.78 is 5.06. The van der Waals surface area contributed by atoms with E-state index in [0.29, 0.717) is 0 Å². The van der Waals surface area contributed by atoms with Crippen LogP contribution in [0.2, 0.25) is 0 Å². The van der Waals surface area contributed by atoms with E-state index in [0.717, 1.165) is 11.3 Å². The predicted molar refractivity (Wildman–Crippen MR) is 61.4 cm³/mol. The SMILES string of the molecule is C=C/C=C/C=C/c1ccc(OC)cc1. The molecule has 1 nitrogen and oxygen atoms in total. The highest BCUT2D eigenvalue weighted by atomic mass is 16.5. The number of rotatable bonds is 4. The molecule has 0 unspecified atom stereocenters. The fraction of sp³-hybridized carbons (Fsp3) is 0.0769. The van der Waals surface area contributed by atoms with Gasteiger partial charge in [0.25, 0.3) is 0 Å². The van der Waals surface area contributed by atoms with Crippen LogP contribution in [-0.4, -0.2) is 7.11 Å². The van der Waals surface area contributed by atoms with Crippen molar-refractivity contribution in [2.45, 2.75) is 0 Å². The number of benzene rings is 1. The van der Waals surface area contributed by atoms with Gasteiger partial charge in [0.05, 0.1) is 7.11 Å². The second kappa shape index (κ2) is 5.81. The van der Waals surface area contributed by atoms with Gasteiger partial charge in [-0.05, 0) is 17.7 Å². The highest BCUT2D eigenvalue weighted by Gasteiger charge is 1.88. The number of hydrogen-bond acceptors (Lipinski definition) is 1. The van der Waals surface area contributed by atoms with Gasteiger partial charge >= 0.3 is 0 Å². The van der Waals surface area contributed by atoms with Crippen LogP contribution < -0.4 is 4.74 Å². The van der Waals surface area contributed by atoms with Gasteiger partial charge in [-0.25, -0.2) is 0 Å². The third-order valence-electron chi connectivity index (χ3n) is 1.76. The lowest BCUT2D eigenvalue weighted by Crippen LogP contribution is -1.81. The largest absolute Gasteiger partial charge is 0.497 e. The van der Waals surface area contributed by atoms with Crippen molar-refractivity contribution in [3.05, 3.63) is 60.7 Å². The molecule has 72 valence electrons. The van der Waals surface area contributed by atoms with Crippen molar-refractivity contribution in [2.75, 3.05) is 7.11 Å². The monoisotopic (exact) mass is 186 g/mol. The Morgan fingerprint density at radius 3 is 2.36 bits per heavy atom. The van der Waals surface area contributed by atoms with E-state index >= 15 is 0 Å². The zero-order chi connectivity index (χ0) is 10.2. The van der Waals surface area contributed by atoms with Gasteiger partial charge in [0.15, 0.2) is 0 Å². The van der Waals surface area contributed by atoms with Crippen molar-refractivity contribution >= 4 is 6.08 Å². The Balaban J connectivity index is 2.63. The maximum Gasteiger partial charge on any atom is 0.118 e. The molecule has 0 aliphatic heterocycles. The molecule has 0 radical (unpaired) electrons. The normalized spacial score (nSPS) is 10.9. The van der Waals surface area contributed by atoms with E-state index in [1.54, 1.807) is 13.2 Å². The molecule has 0 atom stereocenters. The first kappa shape index (κ1) is 10.3. The molecular formula is C13H14O. The van der Waals surface area contributed by atoms with Crippen LogP contribution in [0.15, 0.2) is 55.1 Å². The summed E-state index contributed by atoms with van der Waals surface area (Å²) in [4.78, 5) is 0. The van der Waals surface area contributed by atoms with Crippen molar-refractivity contribution in [1.29, 1.82) is 0 Å². The third-order valence-corrected chi connectivity index (χ3v) is 1.76. The van der Waals surface area contributed by atoms with Crippen molar-refractivity contribution < 1.29 is 4.74 Å². The standard InChI is InChI=1S/C13H14O/c1-3-4-5-6-7-12-8-10-13(14-2)11-9-12/h3-11H,1H2,2H3/b5-4+,7-6+. The molecule has 0 spiro atoms. The first-order chi connectivity index (χ1) is 6.86. The predicted octanol–water partition coefficient (Wildman–Crippen LogP) is 3.45. The highest BCUT2D eigenvalue weighted by Crippen LogP contribution is 2.12. The Morgan fingerprint density at radius 2 is 1.79 bits per heavy atom. The van der Waals surface area contributed by atoms with Crippen LogP contribution in [-0.2, 0) is 0 Å². The Kier molecular flexibility index (Phi) is 4.29. The number of allylic oxidation sites excluding steroid dienone is 4. The fourth-order valence-corrected chi connectivity index (χ4v) is 1.02. The Bertz CT molecular complexity index is 331. The molecule has 0 aliphatic carbocycles. The van der Waals surface area contributed by atoms with Gasteiger partial charge in [-0.3, -0.25) is 0 Å². The smallest absolute Gasteiger partial charge is 0.118 e. The molecule has 0 aliphatic rings. The summed E-state index contributed by atoms with van der Waals surface area (Å²) >= 11 is 0. The van der Waals surface area contributed by atoms with Gasteiger partial charge in [-0.2, -0.15) is 0 Å². The number of methoxy groups -OCH3 is 1. The minimum Gasteiger partial charge on any atom is -0.497 e. The summed E-state index contributed by atoms with van der Waals surface area (Å²) in [7, 11) is 1.66. The van der Waals surface area contributed by atoms with Crippen LogP contribution in [0.4, 0.5) is 0 Å². The van der Waals surface area contributed by atoms with Gasteiger partial charge in [-0.1, -0.05) is 49.1 Å². The highest BCUT2D eigenvalue weighted by molar-refractivity contribution is 5.52. The van der Waals surface area contributed by atoms with Gasteiger partial charge in [0.2, 0.25) is 0 Å². The van der Waals surface area contributed by atoms with E-state index in [4.69, 9.17) is 4.74 Å². The maximum atomic E-state index is 5.06. The quantitative estimate of drug-likeness (QED) is 0.654. The van der Waals surface area contributed by atoms with Crippen LogP contribution >= 0.6 is 0 Å². The lowest BCUT2D eigenvalue weighted by atomic mass is 10.2. The second-order valence-electron chi connectivity index (χ2n) is 2.75. The van der Waals surface area contributed by atoms with Gasteiger partial charge in [0.1, 0.15) is 5.75 Å². The molecule has 0 saturated heterocycles. The van der Waals surface area contributed by atoms with E-state index in [1.165, 1.54) is 0 Å². The Labute approximate surface area is 85.0 Å². The Hall–Kier alpha value is -1.76. The molecule has 1 heteroatoms. The zero-order valence-electron chi connectivity index (χ0n) is 8.31. The van der Waals surface area contributed by atoms with Crippen LogP contribution in [0.5, 0.6) is 5.75 Å². The van der Waals surface area contributed by atoms with E-state index in [-0.39, 0.29) is 0 Å². The van der Waals surface area contributed by atoms with Gasteiger partial charge < -0.3 is 4.74 Å². The first-order valence-electron chi connectivity index (χ1n) is 4.46. The molecule has 0 N–H and O–H groups in total. The molecule has 1 aromatic rings. The fourth-order valence-electron chi connectivity index (χ4n) is 1.02. The molecule has 0 heterocycles. The lowest BCUT2D eigenvalue weighted by molar-refractivity contribution is 0.415. The molecule has 1 rings (SSSR count).